The number of rotatable bonds is 1. The van der Waals surface area contributed by atoms with E-state index in [0.29, 0.717) is 0 Å². The second-order valence-corrected chi connectivity index (χ2v) is 3.53. The molecule has 0 aromatic rings. The lowest BCUT2D eigenvalue weighted by atomic mass is 9.85. The van der Waals surface area contributed by atoms with Crippen LogP contribution in [0.4, 0.5) is 0 Å². The number of carbonyl (C=O) groups is 1. The Kier molecular flexibility index (Phi) is 3.63. The molecule has 0 spiro atoms. The van der Waals surface area contributed by atoms with E-state index in [1.165, 1.54) is 0 Å². The molecule has 0 saturated heterocycles. The zero-order valence-corrected chi connectivity index (χ0v) is 8.02. The molecule has 1 aliphatic carbocycles. The molecule has 2 unspecified atom stereocenters. The van der Waals surface area contributed by atoms with Gasteiger partial charge in [-0.15, -0.1) is 0 Å². The third kappa shape index (κ3) is 2.27. The van der Waals surface area contributed by atoms with Gasteiger partial charge in [0.15, 0.2) is 6.10 Å². The maximum atomic E-state index is 10.6. The highest BCUT2D eigenvalue weighted by molar-refractivity contribution is 5.66. The van der Waals surface area contributed by atoms with E-state index in [1.54, 1.807) is 0 Å². The van der Waals surface area contributed by atoms with Gasteiger partial charge in [-0.2, -0.15) is 0 Å². The third-order valence-electron chi connectivity index (χ3n) is 2.37. The van der Waals surface area contributed by atoms with Gasteiger partial charge in [0.05, 0.1) is 0 Å². The van der Waals surface area contributed by atoms with Crippen LogP contribution in [0, 0.1) is 0 Å². The highest BCUT2D eigenvalue weighted by Crippen LogP contribution is 2.23. The molecular formula is C8H14O7. The molecule has 7 heteroatoms. The van der Waals surface area contributed by atoms with Gasteiger partial charge in [0.25, 0.3) is 0 Å². The van der Waals surface area contributed by atoms with Crippen LogP contribution in [0.1, 0.15) is 6.92 Å². The Bertz CT molecular complexity index is 227. The third-order valence-corrected chi connectivity index (χ3v) is 2.37. The molecule has 7 nitrogen and oxygen atoms in total. The second kappa shape index (κ2) is 4.42. The Balaban J connectivity index is 2.81. The number of carbonyl (C=O) groups excluding carboxylic acids is 1. The van der Waals surface area contributed by atoms with E-state index in [-0.39, 0.29) is 0 Å². The molecule has 15 heavy (non-hydrogen) atoms. The van der Waals surface area contributed by atoms with Crippen LogP contribution in [-0.4, -0.2) is 68.1 Å². The summed E-state index contributed by atoms with van der Waals surface area (Å²) in [7, 11) is 0. The fraction of sp³-hybridized carbons (Fsp3) is 0.875. The highest BCUT2D eigenvalue weighted by Gasteiger charge is 2.49. The van der Waals surface area contributed by atoms with Crippen LogP contribution in [0.25, 0.3) is 0 Å². The molecule has 6 atom stereocenters. The zero-order valence-electron chi connectivity index (χ0n) is 8.02. The standard InChI is InChI=1S/C8H14O7/c1-2(9)15-8-6(13)4(11)3(10)5(12)7(8)14/h3-8,10-14H,1H3/t3?,4-,5+,6+,7-,8?. The predicted octanol–water partition coefficient (Wildman–Crippen LogP) is -3.26. The number of hydrogen-bond acceptors (Lipinski definition) is 7. The lowest BCUT2D eigenvalue weighted by molar-refractivity contribution is -0.232. The van der Waals surface area contributed by atoms with Crippen molar-refractivity contribution < 1.29 is 35.1 Å². The smallest absolute Gasteiger partial charge is 0.303 e. The first-order chi connectivity index (χ1) is 6.86. The van der Waals surface area contributed by atoms with E-state index >= 15 is 0 Å². The fourth-order valence-corrected chi connectivity index (χ4v) is 1.53. The van der Waals surface area contributed by atoms with Crippen LogP contribution in [0.5, 0.6) is 0 Å². The van der Waals surface area contributed by atoms with Gasteiger partial charge in [0.2, 0.25) is 0 Å². The quantitative estimate of drug-likeness (QED) is 0.294. The molecule has 0 aromatic heterocycles. The van der Waals surface area contributed by atoms with Gasteiger partial charge in [0.1, 0.15) is 30.5 Å². The minimum Gasteiger partial charge on any atom is -0.457 e. The first-order valence-corrected chi connectivity index (χ1v) is 4.43. The largest absolute Gasteiger partial charge is 0.457 e. The van der Waals surface area contributed by atoms with Crippen molar-refractivity contribution in [2.45, 2.75) is 43.5 Å². The average Bonchev–Trinajstić information content (AvgIpc) is 2.18. The molecule has 0 heterocycles. The van der Waals surface area contributed by atoms with Crippen LogP contribution >= 0.6 is 0 Å². The van der Waals surface area contributed by atoms with E-state index in [4.69, 9.17) is 0 Å². The summed E-state index contributed by atoms with van der Waals surface area (Å²) in [4.78, 5) is 10.6. The van der Waals surface area contributed by atoms with Crippen molar-refractivity contribution in [1.29, 1.82) is 0 Å². The number of hydrogen-bond donors (Lipinski definition) is 5. The van der Waals surface area contributed by atoms with Crippen molar-refractivity contribution in [2.24, 2.45) is 0 Å². The Morgan fingerprint density at radius 2 is 1.20 bits per heavy atom. The summed E-state index contributed by atoms with van der Waals surface area (Å²) in [6.07, 6.45) is -9.75. The van der Waals surface area contributed by atoms with Crippen LogP contribution in [0.2, 0.25) is 0 Å². The maximum Gasteiger partial charge on any atom is 0.303 e. The molecule has 0 bridgehead atoms. The molecule has 1 saturated carbocycles. The van der Waals surface area contributed by atoms with Gasteiger partial charge >= 0.3 is 5.97 Å². The van der Waals surface area contributed by atoms with Crippen molar-refractivity contribution in [3.63, 3.8) is 0 Å². The summed E-state index contributed by atoms with van der Waals surface area (Å²) >= 11 is 0. The summed E-state index contributed by atoms with van der Waals surface area (Å²) < 4.78 is 4.53. The molecule has 1 rings (SSSR count). The molecule has 1 aliphatic rings. The van der Waals surface area contributed by atoms with E-state index in [1.807, 2.05) is 0 Å². The molecule has 1 fully saturated rings. The van der Waals surface area contributed by atoms with Gasteiger partial charge in [-0.3, -0.25) is 4.79 Å². The van der Waals surface area contributed by atoms with Crippen LogP contribution in [0.3, 0.4) is 0 Å². The van der Waals surface area contributed by atoms with E-state index in [9.17, 15) is 30.3 Å². The van der Waals surface area contributed by atoms with Gasteiger partial charge < -0.3 is 30.3 Å². The second-order valence-electron chi connectivity index (χ2n) is 3.53. The van der Waals surface area contributed by atoms with Crippen molar-refractivity contribution in [1.82, 2.24) is 0 Å². The normalized spacial score (nSPS) is 46.3. The Labute approximate surface area is 85.5 Å². The van der Waals surface area contributed by atoms with Crippen LogP contribution < -0.4 is 0 Å². The lowest BCUT2D eigenvalue weighted by Crippen LogP contribution is -2.64. The minimum atomic E-state index is -1.68. The SMILES string of the molecule is CC(=O)OC1[C@@H](O)[C@H](O)C(O)[C@H](O)[C@H]1O. The van der Waals surface area contributed by atoms with Crippen molar-refractivity contribution in [3.05, 3.63) is 0 Å². The first-order valence-electron chi connectivity index (χ1n) is 4.43. The predicted molar refractivity (Wildman–Crippen MR) is 45.6 cm³/mol. The minimum absolute atomic E-state index is 0.770. The number of aliphatic hydroxyl groups excluding tert-OH is 5. The Morgan fingerprint density at radius 1 is 0.867 bits per heavy atom. The Hall–Kier alpha value is -0.730. The van der Waals surface area contributed by atoms with Gasteiger partial charge in [-0.05, 0) is 0 Å². The van der Waals surface area contributed by atoms with E-state index in [0.717, 1.165) is 6.92 Å². The summed E-state index contributed by atoms with van der Waals surface area (Å²) in [5, 5.41) is 46.5. The summed E-state index contributed by atoms with van der Waals surface area (Å²) in [6.45, 7) is 1.06. The highest BCUT2D eigenvalue weighted by atomic mass is 16.6. The van der Waals surface area contributed by atoms with E-state index in [2.05, 4.69) is 4.74 Å². The Morgan fingerprint density at radius 3 is 1.53 bits per heavy atom. The van der Waals surface area contributed by atoms with Gasteiger partial charge in [-0.25, -0.2) is 0 Å². The molecule has 0 radical (unpaired) electrons. The number of aliphatic hydroxyl groups is 5. The molecule has 5 N–H and O–H groups in total. The van der Waals surface area contributed by atoms with Gasteiger partial charge in [0, 0.05) is 6.92 Å². The molecule has 88 valence electrons. The number of esters is 1. The monoisotopic (exact) mass is 222 g/mol. The van der Waals surface area contributed by atoms with Crippen LogP contribution in [0.15, 0.2) is 0 Å². The van der Waals surface area contributed by atoms with Crippen molar-refractivity contribution >= 4 is 5.97 Å². The molecular weight excluding hydrogens is 208 g/mol. The van der Waals surface area contributed by atoms with Crippen molar-refractivity contribution in [2.75, 3.05) is 0 Å². The maximum absolute atomic E-state index is 10.6. The van der Waals surface area contributed by atoms with E-state index < -0.39 is 42.6 Å². The topological polar surface area (TPSA) is 127 Å². The summed E-state index contributed by atoms with van der Waals surface area (Å²) in [6, 6.07) is 0. The zero-order chi connectivity index (χ0) is 11.7. The first kappa shape index (κ1) is 12.3. The van der Waals surface area contributed by atoms with Crippen LogP contribution in [-0.2, 0) is 9.53 Å². The number of ether oxygens (including phenoxy) is 1. The fourth-order valence-electron chi connectivity index (χ4n) is 1.53. The summed E-state index contributed by atoms with van der Waals surface area (Å²) in [5.74, 6) is -0.770. The van der Waals surface area contributed by atoms with Crippen molar-refractivity contribution in [3.8, 4) is 0 Å². The summed E-state index contributed by atoms with van der Waals surface area (Å²) in [5.41, 5.74) is 0. The lowest BCUT2D eigenvalue weighted by Gasteiger charge is -2.40. The molecule has 0 aromatic carbocycles. The molecule has 0 aliphatic heterocycles. The average molecular weight is 222 g/mol. The van der Waals surface area contributed by atoms with Gasteiger partial charge in [-0.1, -0.05) is 0 Å². The molecule has 0 amide bonds.